The van der Waals surface area contributed by atoms with Gasteiger partial charge in [0.05, 0.1) is 11.7 Å². The number of nitrogens with zero attached hydrogens (tertiary/aromatic N) is 4. The van der Waals surface area contributed by atoms with Crippen molar-refractivity contribution >= 4 is 11.7 Å². The number of aryl methyl sites for hydroxylation is 1. The monoisotopic (exact) mass is 329 g/mol. The van der Waals surface area contributed by atoms with Crippen molar-refractivity contribution in [1.29, 1.82) is 0 Å². The van der Waals surface area contributed by atoms with E-state index in [-0.39, 0.29) is 11.9 Å². The van der Waals surface area contributed by atoms with Gasteiger partial charge in [-0.25, -0.2) is 9.97 Å². The fourth-order valence-corrected chi connectivity index (χ4v) is 3.05. The van der Waals surface area contributed by atoms with Crippen molar-refractivity contribution in [3.8, 4) is 0 Å². The van der Waals surface area contributed by atoms with Crippen molar-refractivity contribution in [3.05, 3.63) is 35.6 Å². The van der Waals surface area contributed by atoms with Crippen LogP contribution >= 0.6 is 0 Å². The first-order valence-electron chi connectivity index (χ1n) is 8.43. The van der Waals surface area contributed by atoms with Crippen LogP contribution in [0.1, 0.15) is 43.2 Å². The van der Waals surface area contributed by atoms with Gasteiger partial charge in [-0.05, 0) is 25.3 Å². The molecule has 128 valence electrons. The highest BCUT2D eigenvalue weighted by molar-refractivity contribution is 5.94. The number of hydrogen-bond acceptors (Lipinski definition) is 6. The fourth-order valence-electron chi connectivity index (χ4n) is 3.05. The molecule has 0 unspecified atom stereocenters. The second-order valence-corrected chi connectivity index (χ2v) is 6.19. The Labute approximate surface area is 141 Å². The summed E-state index contributed by atoms with van der Waals surface area (Å²) >= 11 is 0. The van der Waals surface area contributed by atoms with E-state index in [1.54, 1.807) is 19.3 Å². The summed E-state index contributed by atoms with van der Waals surface area (Å²) in [5.74, 6) is 1.12. The minimum absolute atomic E-state index is 0.0331. The maximum absolute atomic E-state index is 12.8. The third-order valence-corrected chi connectivity index (χ3v) is 4.36. The molecule has 1 aliphatic rings. The molecule has 3 rings (SSSR count). The molecule has 7 nitrogen and oxygen atoms in total. The predicted octanol–water partition coefficient (Wildman–Crippen LogP) is 2.33. The number of rotatable bonds is 6. The van der Waals surface area contributed by atoms with Gasteiger partial charge in [-0.3, -0.25) is 9.69 Å². The van der Waals surface area contributed by atoms with Gasteiger partial charge in [-0.2, -0.15) is 0 Å². The number of nitrogens with one attached hydrogen (secondary N) is 1. The average Bonchev–Trinajstić information content (AvgIpc) is 3.00. The van der Waals surface area contributed by atoms with E-state index in [0.717, 1.165) is 37.9 Å². The summed E-state index contributed by atoms with van der Waals surface area (Å²) in [5.41, 5.74) is 2.19. The van der Waals surface area contributed by atoms with Gasteiger partial charge in [0.1, 0.15) is 12.1 Å². The first-order valence-corrected chi connectivity index (χ1v) is 8.43. The average molecular weight is 329 g/mol. The van der Waals surface area contributed by atoms with Gasteiger partial charge < -0.3 is 9.84 Å². The largest absolute Gasteiger partial charge is 0.360 e. The standard InChI is InChI=1S/C17H23N5O2/c1-3-4-5-15(17(23)20-16-8-12(2)24-21-16)22-7-6-13-9-18-11-19-14(13)10-22/h8-9,11,15H,3-7,10H2,1-2H3,(H,20,21,23)/t15-/m0/s1. The van der Waals surface area contributed by atoms with Crippen LogP contribution in [0.5, 0.6) is 0 Å². The molecule has 24 heavy (non-hydrogen) atoms. The molecule has 0 radical (unpaired) electrons. The second-order valence-electron chi connectivity index (χ2n) is 6.19. The van der Waals surface area contributed by atoms with Gasteiger partial charge in [0, 0.05) is 25.4 Å². The Hall–Kier alpha value is -2.28. The normalized spacial score (nSPS) is 15.8. The van der Waals surface area contributed by atoms with Gasteiger partial charge >= 0.3 is 0 Å². The summed E-state index contributed by atoms with van der Waals surface area (Å²) in [7, 11) is 0. The van der Waals surface area contributed by atoms with E-state index < -0.39 is 0 Å². The Balaban J connectivity index is 1.72. The van der Waals surface area contributed by atoms with Gasteiger partial charge in [0.25, 0.3) is 0 Å². The first-order chi connectivity index (χ1) is 11.7. The quantitative estimate of drug-likeness (QED) is 0.875. The Kier molecular flexibility index (Phi) is 5.20. The zero-order chi connectivity index (χ0) is 16.9. The molecule has 2 aromatic rings. The maximum atomic E-state index is 12.8. The summed E-state index contributed by atoms with van der Waals surface area (Å²) in [5, 5.41) is 6.73. The molecular formula is C17H23N5O2. The third-order valence-electron chi connectivity index (χ3n) is 4.36. The number of anilines is 1. The highest BCUT2D eigenvalue weighted by Gasteiger charge is 2.29. The maximum Gasteiger partial charge on any atom is 0.242 e. The third kappa shape index (κ3) is 3.79. The predicted molar refractivity (Wildman–Crippen MR) is 89.3 cm³/mol. The van der Waals surface area contributed by atoms with E-state index in [2.05, 4.69) is 32.3 Å². The summed E-state index contributed by atoms with van der Waals surface area (Å²) in [6.45, 7) is 5.45. The Morgan fingerprint density at radius 2 is 2.38 bits per heavy atom. The van der Waals surface area contributed by atoms with Crippen molar-refractivity contribution in [2.45, 2.75) is 52.1 Å². The number of carbonyl (C=O) groups is 1. The van der Waals surface area contributed by atoms with Crippen molar-refractivity contribution in [2.75, 3.05) is 11.9 Å². The summed E-state index contributed by atoms with van der Waals surface area (Å²) in [6, 6.07) is 1.54. The zero-order valence-electron chi connectivity index (χ0n) is 14.2. The van der Waals surface area contributed by atoms with Crippen molar-refractivity contribution in [3.63, 3.8) is 0 Å². The van der Waals surface area contributed by atoms with Crippen LogP contribution < -0.4 is 5.32 Å². The smallest absolute Gasteiger partial charge is 0.242 e. The Morgan fingerprint density at radius 1 is 1.50 bits per heavy atom. The van der Waals surface area contributed by atoms with E-state index in [0.29, 0.717) is 18.1 Å². The van der Waals surface area contributed by atoms with Gasteiger partial charge in [0.15, 0.2) is 5.82 Å². The number of unbranched alkanes of at least 4 members (excludes halogenated alkanes) is 1. The summed E-state index contributed by atoms with van der Waals surface area (Å²) < 4.78 is 5.02. The molecule has 0 aromatic carbocycles. The van der Waals surface area contributed by atoms with Crippen molar-refractivity contribution in [1.82, 2.24) is 20.0 Å². The number of carbonyl (C=O) groups excluding carboxylic acids is 1. The number of fused-ring (bicyclic) bond motifs is 1. The minimum atomic E-state index is -0.190. The lowest BCUT2D eigenvalue weighted by atomic mass is 10.0. The van der Waals surface area contributed by atoms with Gasteiger partial charge in [0.2, 0.25) is 5.91 Å². The van der Waals surface area contributed by atoms with Crippen LogP contribution in [-0.2, 0) is 17.8 Å². The molecule has 0 fully saturated rings. The molecule has 0 saturated heterocycles. The van der Waals surface area contributed by atoms with E-state index in [1.165, 1.54) is 5.56 Å². The Morgan fingerprint density at radius 3 is 3.12 bits per heavy atom. The number of amides is 1. The molecule has 3 heterocycles. The molecule has 0 bridgehead atoms. The van der Waals surface area contributed by atoms with Crippen LogP contribution in [0, 0.1) is 6.92 Å². The molecule has 0 spiro atoms. The molecule has 0 aliphatic carbocycles. The van der Waals surface area contributed by atoms with Crippen LogP contribution in [0.2, 0.25) is 0 Å². The number of aromatic nitrogens is 3. The fraction of sp³-hybridized carbons (Fsp3) is 0.529. The lowest BCUT2D eigenvalue weighted by Crippen LogP contribution is -2.46. The van der Waals surface area contributed by atoms with Crippen LogP contribution in [0.4, 0.5) is 5.82 Å². The zero-order valence-corrected chi connectivity index (χ0v) is 14.2. The van der Waals surface area contributed by atoms with Gasteiger partial charge in [-0.1, -0.05) is 24.9 Å². The SMILES string of the molecule is CCCC[C@@H](C(=O)Nc1cc(C)on1)N1CCc2cncnc2C1. The summed E-state index contributed by atoms with van der Waals surface area (Å²) in [4.78, 5) is 23.4. The molecule has 0 saturated carbocycles. The van der Waals surface area contributed by atoms with E-state index in [9.17, 15) is 4.79 Å². The van der Waals surface area contributed by atoms with E-state index in [1.807, 2.05) is 6.20 Å². The number of hydrogen-bond donors (Lipinski definition) is 1. The van der Waals surface area contributed by atoms with Gasteiger partial charge in [-0.15, -0.1) is 0 Å². The van der Waals surface area contributed by atoms with E-state index in [4.69, 9.17) is 4.52 Å². The van der Waals surface area contributed by atoms with Crippen LogP contribution in [0.25, 0.3) is 0 Å². The topological polar surface area (TPSA) is 84.2 Å². The molecule has 1 N–H and O–H groups in total. The first kappa shape index (κ1) is 16.6. The second kappa shape index (κ2) is 7.53. The molecule has 1 aliphatic heterocycles. The van der Waals surface area contributed by atoms with Crippen LogP contribution in [0.3, 0.4) is 0 Å². The molecule has 1 amide bonds. The van der Waals surface area contributed by atoms with Crippen LogP contribution in [0.15, 0.2) is 23.1 Å². The highest BCUT2D eigenvalue weighted by atomic mass is 16.5. The van der Waals surface area contributed by atoms with Crippen molar-refractivity contribution < 1.29 is 9.32 Å². The Bertz CT molecular complexity index is 700. The minimum Gasteiger partial charge on any atom is -0.360 e. The lowest BCUT2D eigenvalue weighted by Gasteiger charge is -2.33. The van der Waals surface area contributed by atoms with E-state index >= 15 is 0 Å². The van der Waals surface area contributed by atoms with Crippen LogP contribution in [-0.4, -0.2) is 38.5 Å². The summed E-state index contributed by atoms with van der Waals surface area (Å²) in [6.07, 6.45) is 7.19. The molecule has 7 heteroatoms. The highest BCUT2D eigenvalue weighted by Crippen LogP contribution is 2.21. The lowest BCUT2D eigenvalue weighted by molar-refractivity contribution is -0.122. The molecule has 1 atom stereocenters. The molecular weight excluding hydrogens is 306 g/mol. The van der Waals surface area contributed by atoms with Crippen molar-refractivity contribution in [2.24, 2.45) is 0 Å². The molecule has 2 aromatic heterocycles.